The highest BCUT2D eigenvalue weighted by atomic mass is 16.1. The van der Waals surface area contributed by atoms with Crippen LogP contribution in [-0.2, 0) is 7.05 Å². The van der Waals surface area contributed by atoms with Crippen molar-refractivity contribution in [3.05, 3.63) is 77.5 Å². The lowest BCUT2D eigenvalue weighted by Crippen LogP contribution is -2.27. The average molecular weight is 345 g/mol. The first-order valence-electron chi connectivity index (χ1n) is 8.43. The van der Waals surface area contributed by atoms with Gasteiger partial charge in [0.25, 0.3) is 0 Å². The minimum Gasteiger partial charge on any atom is -0.370 e. The number of rotatable bonds is 2. The van der Waals surface area contributed by atoms with Crippen LogP contribution in [0.2, 0.25) is 0 Å². The molecule has 2 aromatic carbocycles. The zero-order valence-electron chi connectivity index (χ0n) is 14.9. The molecule has 0 bridgehead atoms. The van der Waals surface area contributed by atoms with Gasteiger partial charge in [0.2, 0.25) is 5.52 Å². The summed E-state index contributed by atoms with van der Waals surface area (Å²) in [6.45, 7) is 0.912. The van der Waals surface area contributed by atoms with Crippen molar-refractivity contribution in [1.29, 1.82) is 0 Å². The number of likely N-dealkylation sites (N-methyl/N-ethyl adjacent to an activating group) is 1. The molecule has 0 saturated carbocycles. The van der Waals surface area contributed by atoms with E-state index < -0.39 is 0 Å². The van der Waals surface area contributed by atoms with Crippen molar-refractivity contribution in [2.75, 3.05) is 18.5 Å². The summed E-state index contributed by atoms with van der Waals surface area (Å²) in [5.74, 6) is 0. The van der Waals surface area contributed by atoms with E-state index in [9.17, 15) is 9.59 Å². The Morgan fingerprint density at radius 3 is 2.50 bits per heavy atom. The fourth-order valence-electron chi connectivity index (χ4n) is 3.00. The molecule has 0 N–H and O–H groups in total. The Morgan fingerprint density at radius 1 is 1.00 bits per heavy atom. The van der Waals surface area contributed by atoms with Gasteiger partial charge in [-0.05, 0) is 29.8 Å². The largest absolute Gasteiger partial charge is 0.370 e. The smallest absolute Gasteiger partial charge is 0.212 e. The number of aldehydes is 2. The highest BCUT2D eigenvalue weighted by Gasteiger charge is 2.09. The van der Waals surface area contributed by atoms with Crippen LogP contribution in [0.15, 0.2) is 60.8 Å². The van der Waals surface area contributed by atoms with Crippen molar-refractivity contribution in [3.63, 3.8) is 0 Å². The molecule has 0 saturated heterocycles. The summed E-state index contributed by atoms with van der Waals surface area (Å²) in [5, 5.41) is 1.09. The molecule has 0 aliphatic carbocycles. The molecule has 0 fully saturated rings. The second kappa shape index (κ2) is 7.74. The number of benzene rings is 2. The van der Waals surface area contributed by atoms with Crippen molar-refractivity contribution in [2.24, 2.45) is 7.05 Å². The maximum atomic E-state index is 10.6. The maximum Gasteiger partial charge on any atom is 0.212 e. The zero-order chi connectivity index (χ0) is 18.5. The Balaban J connectivity index is 0.000000151. The van der Waals surface area contributed by atoms with Gasteiger partial charge < -0.3 is 4.90 Å². The summed E-state index contributed by atoms with van der Waals surface area (Å²) in [7, 11) is 4.01. The molecule has 4 heteroatoms. The predicted octanol–water partition coefficient (Wildman–Crippen LogP) is 3.44. The van der Waals surface area contributed by atoms with Gasteiger partial charge in [0, 0.05) is 47.9 Å². The SMILES string of the molecule is CN1CC=Cc2ccc(C=O)cc21.C[n+]1cccc2cc(C=O)ccc21. The van der Waals surface area contributed by atoms with Crippen molar-refractivity contribution in [3.8, 4) is 0 Å². The van der Waals surface area contributed by atoms with Crippen LogP contribution in [0, 0.1) is 0 Å². The number of nitrogens with zero attached hydrogens (tertiary/aromatic N) is 2. The maximum absolute atomic E-state index is 10.6. The van der Waals surface area contributed by atoms with Gasteiger partial charge in [0.05, 0.1) is 0 Å². The lowest BCUT2D eigenvalue weighted by Gasteiger charge is -2.23. The van der Waals surface area contributed by atoms with Gasteiger partial charge in [-0.3, -0.25) is 9.59 Å². The van der Waals surface area contributed by atoms with Crippen LogP contribution in [0.1, 0.15) is 26.3 Å². The number of pyridine rings is 1. The summed E-state index contributed by atoms with van der Waals surface area (Å²) in [4.78, 5) is 23.2. The molecule has 1 aliphatic rings. The zero-order valence-corrected chi connectivity index (χ0v) is 14.9. The molecule has 4 nitrogen and oxygen atoms in total. The molecule has 4 rings (SSSR count). The first kappa shape index (κ1) is 17.5. The van der Waals surface area contributed by atoms with Crippen molar-refractivity contribution < 1.29 is 14.2 Å². The summed E-state index contributed by atoms with van der Waals surface area (Å²) >= 11 is 0. The molecule has 2 heterocycles. The van der Waals surface area contributed by atoms with E-state index in [1.165, 1.54) is 5.56 Å². The number of carbonyl (C=O) groups excluding carboxylic acids is 2. The molecular formula is C22H21N2O2+. The fourth-order valence-corrected chi connectivity index (χ4v) is 3.00. The molecule has 0 spiro atoms. The van der Waals surface area contributed by atoms with E-state index in [0.717, 1.165) is 46.8 Å². The van der Waals surface area contributed by atoms with E-state index in [4.69, 9.17) is 0 Å². The third kappa shape index (κ3) is 3.70. The Labute approximate surface area is 153 Å². The van der Waals surface area contributed by atoms with Crippen LogP contribution in [0.4, 0.5) is 5.69 Å². The normalized spacial score (nSPS) is 12.2. The van der Waals surface area contributed by atoms with Gasteiger partial charge in [-0.1, -0.05) is 24.3 Å². The molecule has 3 aromatic rings. The molecule has 0 radical (unpaired) electrons. The fraction of sp³-hybridized carbons (Fsp3) is 0.136. The van der Waals surface area contributed by atoms with E-state index in [1.807, 2.05) is 73.4 Å². The van der Waals surface area contributed by atoms with Crippen molar-refractivity contribution >= 4 is 35.2 Å². The lowest BCUT2D eigenvalue weighted by atomic mass is 10.1. The number of carbonyl (C=O) groups is 2. The number of aromatic nitrogens is 1. The van der Waals surface area contributed by atoms with E-state index in [-0.39, 0.29) is 0 Å². The third-order valence-electron chi connectivity index (χ3n) is 4.43. The molecular weight excluding hydrogens is 324 g/mol. The van der Waals surface area contributed by atoms with Crippen LogP contribution >= 0.6 is 0 Å². The summed E-state index contributed by atoms with van der Waals surface area (Å²) < 4.78 is 2.03. The predicted molar refractivity (Wildman–Crippen MR) is 105 cm³/mol. The Hall–Kier alpha value is -3.27. The van der Waals surface area contributed by atoms with Gasteiger partial charge in [-0.25, -0.2) is 4.57 Å². The average Bonchev–Trinajstić information content (AvgIpc) is 2.68. The van der Waals surface area contributed by atoms with Crippen LogP contribution in [0.25, 0.3) is 17.0 Å². The monoisotopic (exact) mass is 345 g/mol. The number of hydrogen-bond acceptors (Lipinski definition) is 3. The molecule has 130 valence electrons. The molecule has 26 heavy (non-hydrogen) atoms. The molecule has 0 amide bonds. The van der Waals surface area contributed by atoms with Crippen molar-refractivity contribution in [2.45, 2.75) is 0 Å². The van der Waals surface area contributed by atoms with Crippen LogP contribution in [0.5, 0.6) is 0 Å². The Bertz CT molecular complexity index is 993. The van der Waals surface area contributed by atoms with Crippen LogP contribution in [-0.4, -0.2) is 26.2 Å². The number of aryl methyl sites for hydroxylation is 1. The van der Waals surface area contributed by atoms with Crippen LogP contribution < -0.4 is 9.47 Å². The van der Waals surface area contributed by atoms with Crippen LogP contribution in [0.3, 0.4) is 0 Å². The lowest BCUT2D eigenvalue weighted by molar-refractivity contribution is -0.644. The third-order valence-corrected chi connectivity index (χ3v) is 4.43. The minimum atomic E-state index is 0.721. The molecule has 1 aromatic heterocycles. The Morgan fingerprint density at radius 2 is 1.73 bits per heavy atom. The second-order valence-electron chi connectivity index (χ2n) is 6.27. The van der Waals surface area contributed by atoms with Gasteiger partial charge in [-0.2, -0.15) is 0 Å². The number of fused-ring (bicyclic) bond motifs is 2. The minimum absolute atomic E-state index is 0.721. The quantitative estimate of drug-likeness (QED) is 0.528. The standard InChI is InChI=1S/C11H10NO.C11H11NO/c1-12-6-2-3-10-7-9(8-13)4-5-11(10)12;1-12-6-2-3-10-5-4-9(8-13)7-11(10)12/h2-8H,1H3;2-5,7-8H,6H2,1H3/q+1;. The highest BCUT2D eigenvalue weighted by molar-refractivity contribution is 5.85. The van der Waals surface area contributed by atoms with Gasteiger partial charge in [-0.15, -0.1) is 0 Å². The number of anilines is 1. The van der Waals surface area contributed by atoms with Crippen molar-refractivity contribution in [1.82, 2.24) is 0 Å². The summed E-state index contributed by atoms with van der Waals surface area (Å²) in [6, 6.07) is 15.4. The molecule has 1 aliphatic heterocycles. The summed E-state index contributed by atoms with van der Waals surface area (Å²) in [5.41, 5.74) is 4.90. The van der Waals surface area contributed by atoms with Gasteiger partial charge in [0.1, 0.15) is 19.6 Å². The van der Waals surface area contributed by atoms with Gasteiger partial charge in [0.15, 0.2) is 6.20 Å². The van der Waals surface area contributed by atoms with E-state index >= 15 is 0 Å². The number of hydrogen-bond donors (Lipinski definition) is 0. The Kier molecular flexibility index (Phi) is 5.23. The highest BCUT2D eigenvalue weighted by Crippen LogP contribution is 2.25. The summed E-state index contributed by atoms with van der Waals surface area (Å²) in [6.07, 6.45) is 7.94. The molecule has 0 atom stereocenters. The molecule has 0 unspecified atom stereocenters. The first-order chi connectivity index (χ1) is 12.6. The van der Waals surface area contributed by atoms with Gasteiger partial charge >= 0.3 is 0 Å². The topological polar surface area (TPSA) is 41.3 Å². The van der Waals surface area contributed by atoms with E-state index in [0.29, 0.717) is 0 Å². The van der Waals surface area contributed by atoms with E-state index in [1.54, 1.807) is 0 Å². The second-order valence-corrected chi connectivity index (χ2v) is 6.27. The first-order valence-corrected chi connectivity index (χ1v) is 8.43. The van der Waals surface area contributed by atoms with E-state index in [2.05, 4.69) is 17.1 Å².